The Morgan fingerprint density at radius 3 is 2.47 bits per heavy atom. The van der Waals surface area contributed by atoms with Crippen LogP contribution in [0, 0.1) is 0 Å². The number of nitrogens with zero attached hydrogens (tertiary/aromatic N) is 1. The molecule has 0 fully saturated rings. The Balaban J connectivity index is 2.53. The number of carbonyl (C=O) groups is 2. The first-order valence-corrected chi connectivity index (χ1v) is 5.54. The Kier molecular flexibility index (Phi) is 5.08. The third kappa shape index (κ3) is 4.11. The van der Waals surface area contributed by atoms with Crippen molar-refractivity contribution in [3.8, 4) is 0 Å². The second-order valence-corrected chi connectivity index (χ2v) is 3.89. The average molecular weight is 265 g/mol. The Bertz CT molecular complexity index is 471. The van der Waals surface area contributed by atoms with Crippen LogP contribution in [-0.4, -0.2) is 33.5 Å². The standard InChI is InChI=1S/C13H15NO5/c1-9(12(15)16)10(2)14(18)13(17)19-8-11-6-4-3-5-7-11/h3-7,10,18H,1,8H2,2H3,(H,15,16). The molecule has 0 bridgehead atoms. The molecule has 2 N–H and O–H groups in total. The lowest BCUT2D eigenvalue weighted by Gasteiger charge is -2.21. The van der Waals surface area contributed by atoms with Gasteiger partial charge in [-0.25, -0.2) is 9.59 Å². The first-order chi connectivity index (χ1) is 8.93. The molecule has 0 spiro atoms. The molecule has 1 rings (SSSR count). The van der Waals surface area contributed by atoms with E-state index in [9.17, 15) is 14.8 Å². The van der Waals surface area contributed by atoms with Gasteiger partial charge in [0.25, 0.3) is 0 Å². The highest BCUT2D eigenvalue weighted by Gasteiger charge is 2.25. The molecule has 0 saturated carbocycles. The summed E-state index contributed by atoms with van der Waals surface area (Å²) in [6.45, 7) is 4.59. The van der Waals surface area contributed by atoms with Crippen LogP contribution in [0.4, 0.5) is 4.79 Å². The van der Waals surface area contributed by atoms with Gasteiger partial charge in [0.15, 0.2) is 0 Å². The fourth-order valence-corrected chi connectivity index (χ4v) is 1.27. The van der Waals surface area contributed by atoms with Gasteiger partial charge in [0.2, 0.25) is 0 Å². The minimum Gasteiger partial charge on any atom is -0.478 e. The van der Waals surface area contributed by atoms with Gasteiger partial charge in [-0.05, 0) is 12.5 Å². The molecule has 6 nitrogen and oxygen atoms in total. The van der Waals surface area contributed by atoms with E-state index in [1.54, 1.807) is 24.3 Å². The Hall–Kier alpha value is -2.34. The normalized spacial score (nSPS) is 11.5. The molecule has 1 amide bonds. The molecule has 0 aromatic heterocycles. The van der Waals surface area contributed by atoms with Gasteiger partial charge in [-0.15, -0.1) is 0 Å². The van der Waals surface area contributed by atoms with E-state index in [-0.39, 0.29) is 17.2 Å². The van der Waals surface area contributed by atoms with Crippen molar-refractivity contribution in [1.82, 2.24) is 5.06 Å². The van der Waals surface area contributed by atoms with Crippen LogP contribution in [0.15, 0.2) is 42.5 Å². The van der Waals surface area contributed by atoms with Crippen molar-refractivity contribution in [2.45, 2.75) is 19.6 Å². The number of hydrogen-bond acceptors (Lipinski definition) is 4. The molecule has 1 aromatic rings. The Morgan fingerprint density at radius 2 is 1.95 bits per heavy atom. The lowest BCUT2D eigenvalue weighted by atomic mass is 10.1. The van der Waals surface area contributed by atoms with Crippen molar-refractivity contribution in [2.24, 2.45) is 0 Å². The van der Waals surface area contributed by atoms with E-state index in [0.717, 1.165) is 5.56 Å². The maximum atomic E-state index is 11.5. The minimum atomic E-state index is -1.29. The van der Waals surface area contributed by atoms with Crippen molar-refractivity contribution in [3.05, 3.63) is 48.0 Å². The monoisotopic (exact) mass is 265 g/mol. The van der Waals surface area contributed by atoms with Gasteiger partial charge in [0.05, 0.1) is 11.6 Å². The molecule has 1 unspecified atom stereocenters. The topological polar surface area (TPSA) is 87.1 Å². The van der Waals surface area contributed by atoms with Gasteiger partial charge in [-0.1, -0.05) is 36.9 Å². The van der Waals surface area contributed by atoms with E-state index in [2.05, 4.69) is 6.58 Å². The van der Waals surface area contributed by atoms with Crippen molar-refractivity contribution in [1.29, 1.82) is 0 Å². The highest BCUT2D eigenvalue weighted by Crippen LogP contribution is 2.09. The fraction of sp³-hybridized carbons (Fsp3) is 0.231. The molecule has 1 aromatic carbocycles. The summed E-state index contributed by atoms with van der Waals surface area (Å²) in [5.41, 5.74) is 0.452. The third-order valence-corrected chi connectivity index (χ3v) is 2.54. The Morgan fingerprint density at radius 1 is 1.37 bits per heavy atom. The maximum Gasteiger partial charge on any atom is 0.434 e. The molecule has 102 valence electrons. The maximum absolute atomic E-state index is 11.5. The highest BCUT2D eigenvalue weighted by molar-refractivity contribution is 5.87. The minimum absolute atomic E-state index is 0.0109. The van der Waals surface area contributed by atoms with Gasteiger partial charge in [-0.3, -0.25) is 5.21 Å². The number of hydrogen-bond donors (Lipinski definition) is 2. The van der Waals surface area contributed by atoms with Crippen molar-refractivity contribution in [3.63, 3.8) is 0 Å². The molecule has 19 heavy (non-hydrogen) atoms. The van der Waals surface area contributed by atoms with E-state index in [1.165, 1.54) is 6.92 Å². The molecule has 1 atom stereocenters. The van der Waals surface area contributed by atoms with Gasteiger partial charge in [0.1, 0.15) is 6.61 Å². The number of carbonyl (C=O) groups excluding carboxylic acids is 1. The summed E-state index contributed by atoms with van der Waals surface area (Å²) in [7, 11) is 0. The van der Waals surface area contributed by atoms with E-state index in [1.807, 2.05) is 6.07 Å². The lowest BCUT2D eigenvalue weighted by molar-refractivity contribution is -0.136. The zero-order valence-corrected chi connectivity index (χ0v) is 10.4. The summed E-state index contributed by atoms with van der Waals surface area (Å²) in [5.74, 6) is -1.29. The van der Waals surface area contributed by atoms with Gasteiger partial charge in [-0.2, -0.15) is 5.06 Å². The van der Waals surface area contributed by atoms with Crippen LogP contribution in [0.1, 0.15) is 12.5 Å². The molecule has 0 aliphatic carbocycles. The van der Waals surface area contributed by atoms with Gasteiger partial charge >= 0.3 is 12.1 Å². The fourth-order valence-electron chi connectivity index (χ4n) is 1.27. The number of carboxylic acids is 1. The number of carboxylic acid groups (broad SMARTS) is 1. The van der Waals surface area contributed by atoms with Crippen LogP contribution in [0.25, 0.3) is 0 Å². The van der Waals surface area contributed by atoms with Gasteiger partial charge < -0.3 is 9.84 Å². The van der Waals surface area contributed by atoms with E-state index < -0.39 is 18.1 Å². The van der Waals surface area contributed by atoms with Crippen LogP contribution in [0.2, 0.25) is 0 Å². The van der Waals surface area contributed by atoms with E-state index >= 15 is 0 Å². The third-order valence-electron chi connectivity index (χ3n) is 2.54. The number of aliphatic carboxylic acids is 1. The number of amides is 1. The number of benzene rings is 1. The van der Waals surface area contributed by atoms with E-state index in [0.29, 0.717) is 0 Å². The Labute approximate surface area is 110 Å². The summed E-state index contributed by atoms with van der Waals surface area (Å²) in [4.78, 5) is 22.2. The van der Waals surface area contributed by atoms with Gasteiger partial charge in [0, 0.05) is 0 Å². The van der Waals surface area contributed by atoms with Crippen molar-refractivity contribution in [2.75, 3.05) is 0 Å². The van der Waals surface area contributed by atoms with Crippen molar-refractivity contribution < 1.29 is 24.6 Å². The van der Waals surface area contributed by atoms with Crippen LogP contribution >= 0.6 is 0 Å². The summed E-state index contributed by atoms with van der Waals surface area (Å²) >= 11 is 0. The second kappa shape index (κ2) is 6.55. The smallest absolute Gasteiger partial charge is 0.434 e. The van der Waals surface area contributed by atoms with Crippen LogP contribution in [0.3, 0.4) is 0 Å². The summed E-state index contributed by atoms with van der Waals surface area (Å²) < 4.78 is 4.84. The highest BCUT2D eigenvalue weighted by atomic mass is 16.6. The van der Waals surface area contributed by atoms with Crippen molar-refractivity contribution >= 4 is 12.1 Å². The number of rotatable bonds is 5. The zero-order valence-electron chi connectivity index (χ0n) is 10.4. The second-order valence-electron chi connectivity index (χ2n) is 3.89. The van der Waals surface area contributed by atoms with Crippen LogP contribution in [0.5, 0.6) is 0 Å². The van der Waals surface area contributed by atoms with Crippen LogP contribution in [-0.2, 0) is 16.1 Å². The first kappa shape index (κ1) is 14.7. The molecule has 0 radical (unpaired) electrons. The molecule has 0 aliphatic rings. The summed E-state index contributed by atoms with van der Waals surface area (Å²) in [6, 6.07) is 7.84. The predicted octanol–water partition coefficient (Wildman–Crippen LogP) is 2.04. The average Bonchev–Trinajstić information content (AvgIpc) is 2.43. The van der Waals surface area contributed by atoms with E-state index in [4.69, 9.17) is 9.84 Å². The molecule has 0 heterocycles. The number of ether oxygens (including phenoxy) is 1. The SMILES string of the molecule is C=C(C(=O)O)C(C)N(O)C(=O)OCc1ccccc1. The number of hydroxylamine groups is 2. The zero-order chi connectivity index (χ0) is 14.4. The van der Waals surface area contributed by atoms with Crippen LogP contribution < -0.4 is 0 Å². The first-order valence-electron chi connectivity index (χ1n) is 5.54. The quantitative estimate of drug-likeness (QED) is 0.483. The molecular weight excluding hydrogens is 250 g/mol. The largest absolute Gasteiger partial charge is 0.478 e. The summed E-state index contributed by atoms with van der Waals surface area (Å²) in [5, 5.41) is 18.4. The lowest BCUT2D eigenvalue weighted by Crippen LogP contribution is -2.38. The molecular formula is C13H15NO5. The molecule has 0 aliphatic heterocycles. The summed E-state index contributed by atoms with van der Waals surface area (Å²) in [6.07, 6.45) is -1.03. The molecule has 6 heteroatoms. The molecule has 0 saturated heterocycles. The predicted molar refractivity (Wildman–Crippen MR) is 66.5 cm³/mol.